The molecule has 6 heteroatoms. The highest BCUT2D eigenvalue weighted by atomic mass is 32.2. The Labute approximate surface area is 179 Å². The van der Waals surface area contributed by atoms with Crippen LogP contribution in [0.5, 0.6) is 0 Å². The van der Waals surface area contributed by atoms with Crippen molar-refractivity contribution in [2.75, 3.05) is 12.3 Å². The van der Waals surface area contributed by atoms with Gasteiger partial charge in [-0.15, -0.1) is 11.8 Å². The molecule has 30 heavy (non-hydrogen) atoms. The summed E-state index contributed by atoms with van der Waals surface area (Å²) in [5.41, 5.74) is 1.87. The van der Waals surface area contributed by atoms with Gasteiger partial charge in [-0.05, 0) is 35.9 Å². The number of nitrogens with one attached hydrogen (secondary N) is 1. The van der Waals surface area contributed by atoms with Gasteiger partial charge >= 0.3 is 0 Å². The first-order chi connectivity index (χ1) is 14.6. The number of hydrogen-bond donors (Lipinski definition) is 1. The fraction of sp³-hybridized carbons (Fsp3) is 0.125. The number of thioether (sulfide) groups is 1. The molecule has 3 aromatic carbocycles. The van der Waals surface area contributed by atoms with Crippen LogP contribution in [0.2, 0.25) is 0 Å². The first-order valence-corrected chi connectivity index (χ1v) is 10.6. The number of nitrogens with zero attached hydrogens (tertiary/aromatic N) is 1. The lowest BCUT2D eigenvalue weighted by molar-refractivity contribution is 0.0642. The SMILES string of the molecule is O=C(NCCSc1ccccc1)c1ccc2c(c1)C(=O)N(Cc1ccccc1)C2=O. The molecule has 0 fully saturated rings. The minimum Gasteiger partial charge on any atom is -0.351 e. The van der Waals surface area contributed by atoms with E-state index in [-0.39, 0.29) is 29.8 Å². The second kappa shape index (κ2) is 8.97. The molecule has 5 nitrogen and oxygen atoms in total. The largest absolute Gasteiger partial charge is 0.351 e. The van der Waals surface area contributed by atoms with Crippen molar-refractivity contribution in [3.05, 3.63) is 101 Å². The van der Waals surface area contributed by atoms with Crippen molar-refractivity contribution in [3.63, 3.8) is 0 Å². The van der Waals surface area contributed by atoms with E-state index in [9.17, 15) is 14.4 Å². The number of carbonyl (C=O) groups is 3. The normalized spacial score (nSPS) is 12.7. The van der Waals surface area contributed by atoms with Crippen molar-refractivity contribution in [2.45, 2.75) is 11.4 Å². The van der Waals surface area contributed by atoms with Crippen molar-refractivity contribution in [1.82, 2.24) is 10.2 Å². The monoisotopic (exact) mass is 416 g/mol. The maximum atomic E-state index is 12.8. The van der Waals surface area contributed by atoms with Crippen LogP contribution in [0.3, 0.4) is 0 Å². The van der Waals surface area contributed by atoms with Crippen LogP contribution >= 0.6 is 11.8 Å². The summed E-state index contributed by atoms with van der Waals surface area (Å²) in [5, 5.41) is 2.87. The van der Waals surface area contributed by atoms with Gasteiger partial charge in [0.15, 0.2) is 0 Å². The van der Waals surface area contributed by atoms with Crippen LogP contribution < -0.4 is 5.32 Å². The smallest absolute Gasteiger partial charge is 0.261 e. The van der Waals surface area contributed by atoms with E-state index in [4.69, 9.17) is 0 Å². The Morgan fingerprint density at radius 2 is 1.50 bits per heavy atom. The molecule has 0 saturated heterocycles. The molecular weight excluding hydrogens is 396 g/mol. The Bertz CT molecular complexity index is 1080. The van der Waals surface area contributed by atoms with Crippen LogP contribution in [0.25, 0.3) is 0 Å². The molecule has 0 radical (unpaired) electrons. The number of imide groups is 1. The first-order valence-electron chi connectivity index (χ1n) is 9.64. The second-order valence-electron chi connectivity index (χ2n) is 6.86. The van der Waals surface area contributed by atoms with Crippen molar-refractivity contribution in [3.8, 4) is 0 Å². The first kappa shape index (κ1) is 19.9. The van der Waals surface area contributed by atoms with E-state index in [2.05, 4.69) is 5.32 Å². The van der Waals surface area contributed by atoms with Crippen LogP contribution in [-0.4, -0.2) is 34.9 Å². The molecule has 3 aromatic rings. The number of amides is 3. The Morgan fingerprint density at radius 3 is 2.23 bits per heavy atom. The quantitative estimate of drug-likeness (QED) is 0.359. The van der Waals surface area contributed by atoms with Crippen molar-refractivity contribution < 1.29 is 14.4 Å². The van der Waals surface area contributed by atoms with Gasteiger partial charge in [0.25, 0.3) is 17.7 Å². The number of benzene rings is 3. The van der Waals surface area contributed by atoms with E-state index in [1.807, 2.05) is 60.7 Å². The summed E-state index contributed by atoms with van der Waals surface area (Å²) >= 11 is 1.66. The minimum absolute atomic E-state index is 0.214. The van der Waals surface area contributed by atoms with Gasteiger partial charge in [-0.1, -0.05) is 48.5 Å². The van der Waals surface area contributed by atoms with E-state index in [0.717, 1.165) is 16.2 Å². The number of rotatable bonds is 7. The van der Waals surface area contributed by atoms with Gasteiger partial charge in [-0.3, -0.25) is 19.3 Å². The summed E-state index contributed by atoms with van der Waals surface area (Å²) in [5.74, 6) is -0.213. The van der Waals surface area contributed by atoms with Crippen molar-refractivity contribution >= 4 is 29.5 Å². The van der Waals surface area contributed by atoms with Gasteiger partial charge in [0.1, 0.15) is 0 Å². The zero-order chi connectivity index (χ0) is 20.9. The molecule has 1 aliphatic heterocycles. The molecule has 3 amide bonds. The average molecular weight is 417 g/mol. The van der Waals surface area contributed by atoms with Crippen LogP contribution in [0.1, 0.15) is 36.6 Å². The Balaban J connectivity index is 1.39. The van der Waals surface area contributed by atoms with Crippen molar-refractivity contribution in [2.24, 2.45) is 0 Å². The average Bonchev–Trinajstić information content (AvgIpc) is 3.02. The summed E-state index contributed by atoms with van der Waals surface area (Å²) in [6, 6.07) is 24.0. The third-order valence-corrected chi connectivity index (χ3v) is 5.83. The molecule has 1 N–H and O–H groups in total. The molecule has 1 heterocycles. The van der Waals surface area contributed by atoms with Gasteiger partial charge in [-0.2, -0.15) is 0 Å². The van der Waals surface area contributed by atoms with E-state index in [1.54, 1.807) is 23.9 Å². The molecule has 0 bridgehead atoms. The molecule has 0 saturated carbocycles. The molecular formula is C24H20N2O3S. The molecule has 0 unspecified atom stereocenters. The highest BCUT2D eigenvalue weighted by Gasteiger charge is 2.35. The third-order valence-electron chi connectivity index (χ3n) is 4.82. The highest BCUT2D eigenvalue weighted by molar-refractivity contribution is 7.99. The summed E-state index contributed by atoms with van der Waals surface area (Å²) in [6.07, 6.45) is 0. The fourth-order valence-corrected chi connectivity index (χ4v) is 4.08. The summed E-state index contributed by atoms with van der Waals surface area (Å²) in [7, 11) is 0. The van der Waals surface area contributed by atoms with Crippen LogP contribution in [-0.2, 0) is 6.54 Å². The minimum atomic E-state index is -0.367. The summed E-state index contributed by atoms with van der Waals surface area (Å²) < 4.78 is 0. The number of hydrogen-bond acceptors (Lipinski definition) is 4. The van der Waals surface area contributed by atoms with Gasteiger partial charge < -0.3 is 5.32 Å². The lowest BCUT2D eigenvalue weighted by Gasteiger charge is -2.13. The molecule has 1 aliphatic rings. The van der Waals surface area contributed by atoms with Crippen molar-refractivity contribution in [1.29, 1.82) is 0 Å². The van der Waals surface area contributed by atoms with Gasteiger partial charge in [0, 0.05) is 22.8 Å². The lowest BCUT2D eigenvalue weighted by Crippen LogP contribution is -2.29. The summed E-state index contributed by atoms with van der Waals surface area (Å²) in [4.78, 5) is 40.3. The third kappa shape index (κ3) is 4.28. The topological polar surface area (TPSA) is 66.5 Å². The van der Waals surface area contributed by atoms with E-state index in [1.165, 1.54) is 11.0 Å². The van der Waals surface area contributed by atoms with Gasteiger partial charge in [0.2, 0.25) is 0 Å². The van der Waals surface area contributed by atoms with Crippen LogP contribution in [0.15, 0.2) is 83.8 Å². The molecule has 0 spiro atoms. The van der Waals surface area contributed by atoms with E-state index in [0.29, 0.717) is 17.7 Å². The molecule has 0 aromatic heterocycles. The second-order valence-corrected chi connectivity index (χ2v) is 8.03. The van der Waals surface area contributed by atoms with E-state index < -0.39 is 0 Å². The summed E-state index contributed by atoms with van der Waals surface area (Å²) in [6.45, 7) is 0.716. The lowest BCUT2D eigenvalue weighted by atomic mass is 10.1. The maximum Gasteiger partial charge on any atom is 0.261 e. The van der Waals surface area contributed by atoms with E-state index >= 15 is 0 Å². The Hall–Kier alpha value is -3.38. The van der Waals surface area contributed by atoms with Gasteiger partial charge in [0.05, 0.1) is 17.7 Å². The standard InChI is InChI=1S/C24H20N2O3S/c27-22(25-13-14-30-19-9-5-2-6-10-19)18-11-12-20-21(15-18)24(29)26(23(20)28)16-17-7-3-1-4-8-17/h1-12,15H,13-14,16H2,(H,25,27). The number of carbonyl (C=O) groups excluding carboxylic acids is 3. The highest BCUT2D eigenvalue weighted by Crippen LogP contribution is 2.25. The predicted octanol–water partition coefficient (Wildman–Crippen LogP) is 4.00. The zero-order valence-corrected chi connectivity index (χ0v) is 17.0. The van der Waals surface area contributed by atoms with Crippen LogP contribution in [0, 0.1) is 0 Å². The molecule has 150 valence electrons. The fourth-order valence-electron chi connectivity index (χ4n) is 3.29. The Morgan fingerprint density at radius 1 is 0.833 bits per heavy atom. The molecule has 4 rings (SSSR count). The number of fused-ring (bicyclic) bond motifs is 1. The van der Waals surface area contributed by atoms with Gasteiger partial charge in [-0.25, -0.2) is 0 Å². The van der Waals surface area contributed by atoms with Crippen LogP contribution in [0.4, 0.5) is 0 Å². The molecule has 0 aliphatic carbocycles. The maximum absolute atomic E-state index is 12.8. The predicted molar refractivity (Wildman–Crippen MR) is 117 cm³/mol. The Kier molecular flexibility index (Phi) is 5.95. The zero-order valence-electron chi connectivity index (χ0n) is 16.2. The molecule has 0 atom stereocenters.